The maximum absolute atomic E-state index is 5.87. The van der Waals surface area contributed by atoms with E-state index in [1.54, 1.807) is 13.3 Å². The van der Waals surface area contributed by atoms with Crippen LogP contribution in [0.4, 0.5) is 5.82 Å². The van der Waals surface area contributed by atoms with Gasteiger partial charge in [-0.3, -0.25) is 0 Å². The van der Waals surface area contributed by atoms with Crippen LogP contribution >= 0.6 is 0 Å². The summed E-state index contributed by atoms with van der Waals surface area (Å²) in [4.78, 5) is 4.11. The number of nitrogen functional groups attached to an aromatic ring is 1. The first-order valence-electron chi connectivity index (χ1n) is 6.18. The number of aromatic nitrogens is 1. The Morgan fingerprint density at radius 2 is 2.24 bits per heavy atom. The number of ether oxygens (including phenoxy) is 1. The van der Waals surface area contributed by atoms with Crippen LogP contribution in [-0.4, -0.2) is 30.8 Å². The molecule has 0 amide bonds. The minimum absolute atomic E-state index is 0.203. The smallest absolute Gasteiger partial charge is 0.126 e. The largest absolute Gasteiger partial charge is 0.383 e. The normalized spacial score (nSPS) is 14.5. The minimum atomic E-state index is 0.203. The van der Waals surface area contributed by atoms with E-state index in [2.05, 4.69) is 24.1 Å². The molecule has 0 saturated carbocycles. The molecule has 0 radical (unpaired) electrons. The lowest BCUT2D eigenvalue weighted by molar-refractivity contribution is 0.0659. The Kier molecular flexibility index (Phi) is 5.94. The monoisotopic (exact) mass is 237 g/mol. The molecule has 2 atom stereocenters. The average molecular weight is 237 g/mol. The summed E-state index contributed by atoms with van der Waals surface area (Å²) in [5.74, 6) is 0.612. The van der Waals surface area contributed by atoms with Gasteiger partial charge >= 0.3 is 0 Å². The van der Waals surface area contributed by atoms with Crippen molar-refractivity contribution < 1.29 is 4.74 Å². The third-order valence-electron chi connectivity index (χ3n) is 2.99. The summed E-state index contributed by atoms with van der Waals surface area (Å²) >= 11 is 0. The fraction of sp³-hybridized carbons (Fsp3) is 0.615. The second kappa shape index (κ2) is 7.25. The van der Waals surface area contributed by atoms with Crippen LogP contribution in [0, 0.1) is 0 Å². The van der Waals surface area contributed by atoms with Crippen molar-refractivity contribution in [2.24, 2.45) is 0 Å². The number of methoxy groups -OCH3 is 1. The van der Waals surface area contributed by atoms with Crippen molar-refractivity contribution in [2.45, 2.75) is 38.8 Å². The summed E-state index contributed by atoms with van der Waals surface area (Å²) in [5, 5.41) is 3.45. The van der Waals surface area contributed by atoms with Gasteiger partial charge in [0.2, 0.25) is 0 Å². The van der Waals surface area contributed by atoms with E-state index in [4.69, 9.17) is 10.5 Å². The molecule has 0 aliphatic rings. The summed E-state index contributed by atoms with van der Waals surface area (Å²) in [6, 6.07) is 4.22. The summed E-state index contributed by atoms with van der Waals surface area (Å²) in [7, 11) is 1.76. The molecule has 0 spiro atoms. The van der Waals surface area contributed by atoms with Crippen LogP contribution in [0.25, 0.3) is 0 Å². The van der Waals surface area contributed by atoms with E-state index in [0.717, 1.165) is 24.9 Å². The molecular formula is C13H23N3O. The number of anilines is 1. The first-order valence-corrected chi connectivity index (χ1v) is 6.18. The van der Waals surface area contributed by atoms with Crippen molar-refractivity contribution >= 4 is 5.82 Å². The molecule has 0 saturated heterocycles. The Labute approximate surface area is 104 Å². The molecule has 0 aromatic carbocycles. The fourth-order valence-corrected chi connectivity index (χ4v) is 2.07. The van der Waals surface area contributed by atoms with Crippen LogP contribution in [0.2, 0.25) is 0 Å². The first-order chi connectivity index (χ1) is 8.22. The van der Waals surface area contributed by atoms with E-state index in [9.17, 15) is 0 Å². The highest BCUT2D eigenvalue weighted by molar-refractivity contribution is 5.39. The molecule has 17 heavy (non-hydrogen) atoms. The van der Waals surface area contributed by atoms with Gasteiger partial charge in [-0.1, -0.05) is 19.9 Å². The number of hydrogen-bond donors (Lipinski definition) is 2. The maximum atomic E-state index is 5.87. The van der Waals surface area contributed by atoms with Gasteiger partial charge in [0, 0.05) is 19.3 Å². The summed E-state index contributed by atoms with van der Waals surface area (Å²) in [6.45, 7) is 5.15. The Balaban J connectivity index is 2.75. The van der Waals surface area contributed by atoms with Crippen molar-refractivity contribution in [3.05, 3.63) is 23.9 Å². The van der Waals surface area contributed by atoms with Crippen molar-refractivity contribution in [2.75, 3.05) is 19.4 Å². The third kappa shape index (κ3) is 3.98. The van der Waals surface area contributed by atoms with Crippen LogP contribution in [0.3, 0.4) is 0 Å². The molecule has 3 N–H and O–H groups in total. The molecule has 0 aliphatic carbocycles. The molecule has 2 unspecified atom stereocenters. The molecule has 0 bridgehead atoms. The Morgan fingerprint density at radius 3 is 2.76 bits per heavy atom. The van der Waals surface area contributed by atoms with Gasteiger partial charge in [-0.2, -0.15) is 0 Å². The zero-order chi connectivity index (χ0) is 12.7. The molecule has 1 rings (SSSR count). The van der Waals surface area contributed by atoms with Crippen LogP contribution < -0.4 is 11.1 Å². The molecule has 96 valence electrons. The fourth-order valence-electron chi connectivity index (χ4n) is 2.07. The SMILES string of the molecule is CCNC(Cc1cccnc1N)C(CC)OC. The van der Waals surface area contributed by atoms with E-state index in [1.165, 1.54) is 0 Å². The number of nitrogens with one attached hydrogen (secondary N) is 1. The van der Waals surface area contributed by atoms with E-state index in [-0.39, 0.29) is 12.1 Å². The van der Waals surface area contributed by atoms with Gasteiger partial charge in [-0.15, -0.1) is 0 Å². The molecule has 4 heteroatoms. The highest BCUT2D eigenvalue weighted by Crippen LogP contribution is 2.14. The Hall–Kier alpha value is -1.13. The van der Waals surface area contributed by atoms with Gasteiger partial charge in [0.1, 0.15) is 5.82 Å². The van der Waals surface area contributed by atoms with E-state index in [1.807, 2.05) is 12.1 Å². The average Bonchev–Trinajstić information content (AvgIpc) is 2.34. The quantitative estimate of drug-likeness (QED) is 0.756. The van der Waals surface area contributed by atoms with E-state index >= 15 is 0 Å². The molecule has 1 aromatic heterocycles. The number of pyridine rings is 1. The van der Waals surface area contributed by atoms with Crippen LogP contribution in [-0.2, 0) is 11.2 Å². The second-order valence-corrected chi connectivity index (χ2v) is 4.10. The van der Waals surface area contributed by atoms with Crippen LogP contribution in [0.5, 0.6) is 0 Å². The molecule has 4 nitrogen and oxygen atoms in total. The lowest BCUT2D eigenvalue weighted by Crippen LogP contribution is -2.42. The van der Waals surface area contributed by atoms with E-state index in [0.29, 0.717) is 5.82 Å². The Morgan fingerprint density at radius 1 is 1.47 bits per heavy atom. The predicted octanol–water partition coefficient (Wildman–Crippen LogP) is 1.61. The van der Waals surface area contributed by atoms with Crippen LogP contribution in [0.15, 0.2) is 18.3 Å². The molecule has 0 aliphatic heterocycles. The number of rotatable bonds is 7. The van der Waals surface area contributed by atoms with Crippen molar-refractivity contribution in [1.82, 2.24) is 10.3 Å². The highest BCUT2D eigenvalue weighted by Gasteiger charge is 2.19. The zero-order valence-corrected chi connectivity index (χ0v) is 10.9. The second-order valence-electron chi connectivity index (χ2n) is 4.10. The topological polar surface area (TPSA) is 60.2 Å². The molecule has 1 heterocycles. The maximum Gasteiger partial charge on any atom is 0.126 e. The van der Waals surface area contributed by atoms with Crippen molar-refractivity contribution in [1.29, 1.82) is 0 Å². The highest BCUT2D eigenvalue weighted by atomic mass is 16.5. The minimum Gasteiger partial charge on any atom is -0.383 e. The van der Waals surface area contributed by atoms with Gasteiger partial charge in [-0.25, -0.2) is 4.98 Å². The summed E-state index contributed by atoms with van der Waals surface area (Å²) in [5.41, 5.74) is 6.95. The van der Waals surface area contributed by atoms with Crippen molar-refractivity contribution in [3.63, 3.8) is 0 Å². The van der Waals surface area contributed by atoms with Crippen LogP contribution in [0.1, 0.15) is 25.8 Å². The standard InChI is InChI=1S/C13H23N3O/c1-4-12(17-3)11(15-5-2)9-10-7-6-8-16-13(10)14/h6-8,11-12,15H,4-5,9H2,1-3H3,(H2,14,16). The van der Waals surface area contributed by atoms with Gasteiger partial charge in [0.05, 0.1) is 6.10 Å². The lowest BCUT2D eigenvalue weighted by Gasteiger charge is -2.26. The number of hydrogen-bond acceptors (Lipinski definition) is 4. The molecular weight excluding hydrogens is 214 g/mol. The van der Waals surface area contributed by atoms with E-state index < -0.39 is 0 Å². The number of likely N-dealkylation sites (N-methyl/N-ethyl adjacent to an activating group) is 1. The van der Waals surface area contributed by atoms with Gasteiger partial charge in [0.25, 0.3) is 0 Å². The van der Waals surface area contributed by atoms with Gasteiger partial charge in [0.15, 0.2) is 0 Å². The van der Waals surface area contributed by atoms with Gasteiger partial charge in [-0.05, 0) is 31.0 Å². The first kappa shape index (κ1) is 13.9. The van der Waals surface area contributed by atoms with Crippen molar-refractivity contribution in [3.8, 4) is 0 Å². The molecule has 1 aromatic rings. The predicted molar refractivity (Wildman–Crippen MR) is 70.9 cm³/mol. The summed E-state index contributed by atoms with van der Waals surface area (Å²) in [6.07, 6.45) is 3.75. The number of nitrogens with two attached hydrogens (primary N) is 1. The number of nitrogens with zero attached hydrogens (tertiary/aromatic N) is 1. The zero-order valence-electron chi connectivity index (χ0n) is 10.9. The lowest BCUT2D eigenvalue weighted by atomic mass is 10.00. The Bertz CT molecular complexity index is 326. The summed E-state index contributed by atoms with van der Waals surface area (Å²) < 4.78 is 5.50. The third-order valence-corrected chi connectivity index (χ3v) is 2.99. The van der Waals surface area contributed by atoms with Gasteiger partial charge < -0.3 is 15.8 Å². The molecule has 0 fully saturated rings.